The molecule has 0 spiro atoms. The quantitative estimate of drug-likeness (QED) is 0.739. The molecule has 0 atom stereocenters. The summed E-state index contributed by atoms with van der Waals surface area (Å²) in [6, 6.07) is 5.19. The average Bonchev–Trinajstić information content (AvgIpc) is 3.14. The first kappa shape index (κ1) is 12.9. The summed E-state index contributed by atoms with van der Waals surface area (Å²) >= 11 is 0. The van der Waals surface area contributed by atoms with E-state index in [0.29, 0.717) is 23.1 Å². The third-order valence-corrected chi connectivity index (χ3v) is 2.85. The molecule has 3 aromatic rings. The number of methoxy groups -OCH3 is 1. The van der Waals surface area contributed by atoms with Gasteiger partial charge in [-0.1, -0.05) is 0 Å². The van der Waals surface area contributed by atoms with Gasteiger partial charge in [0.05, 0.1) is 24.5 Å². The molecule has 0 radical (unpaired) electrons. The zero-order valence-electron chi connectivity index (χ0n) is 10.9. The number of furan rings is 1. The van der Waals surface area contributed by atoms with Crippen molar-refractivity contribution in [2.45, 2.75) is 0 Å². The Morgan fingerprint density at radius 1 is 1.48 bits per heavy atom. The van der Waals surface area contributed by atoms with Crippen LogP contribution in [0.1, 0.15) is 10.6 Å². The highest BCUT2D eigenvalue weighted by atomic mass is 16.5. The molecule has 0 aliphatic heterocycles. The maximum atomic E-state index is 11.3. The lowest BCUT2D eigenvalue weighted by Gasteiger charge is -2.07. The first-order chi connectivity index (χ1) is 10.2. The Hall–Kier alpha value is -3.16. The number of nitrogens with zero attached hydrogens (tertiary/aromatic N) is 3. The molecule has 21 heavy (non-hydrogen) atoms. The van der Waals surface area contributed by atoms with Crippen molar-refractivity contribution in [1.29, 1.82) is 0 Å². The SMILES string of the molecule is COC(=O)Nc1nc(-c2ccoc2C=O)c2cccn2n1. The van der Waals surface area contributed by atoms with Gasteiger partial charge in [-0.3, -0.25) is 10.1 Å². The van der Waals surface area contributed by atoms with Crippen molar-refractivity contribution in [3.8, 4) is 11.3 Å². The fourth-order valence-electron chi connectivity index (χ4n) is 1.94. The van der Waals surface area contributed by atoms with Crippen LogP contribution in [0, 0.1) is 0 Å². The highest BCUT2D eigenvalue weighted by molar-refractivity contribution is 5.89. The molecular weight excluding hydrogens is 276 g/mol. The van der Waals surface area contributed by atoms with Crippen LogP contribution in [0.2, 0.25) is 0 Å². The van der Waals surface area contributed by atoms with Crippen LogP contribution in [-0.4, -0.2) is 34.1 Å². The van der Waals surface area contributed by atoms with E-state index in [0.717, 1.165) is 0 Å². The largest absolute Gasteiger partial charge is 0.461 e. The van der Waals surface area contributed by atoms with Gasteiger partial charge in [0, 0.05) is 6.20 Å². The van der Waals surface area contributed by atoms with Crippen LogP contribution in [0.5, 0.6) is 0 Å². The number of nitrogens with one attached hydrogen (secondary N) is 1. The van der Waals surface area contributed by atoms with Crippen molar-refractivity contribution in [2.75, 3.05) is 12.4 Å². The molecule has 3 aromatic heterocycles. The van der Waals surface area contributed by atoms with Gasteiger partial charge < -0.3 is 9.15 Å². The van der Waals surface area contributed by atoms with E-state index in [4.69, 9.17) is 4.42 Å². The lowest BCUT2D eigenvalue weighted by Crippen LogP contribution is -2.15. The Kier molecular flexibility index (Phi) is 3.11. The van der Waals surface area contributed by atoms with Crippen LogP contribution in [0.15, 0.2) is 35.1 Å². The molecule has 0 unspecified atom stereocenters. The molecule has 1 amide bonds. The number of aromatic nitrogens is 3. The number of carbonyl (C=O) groups is 2. The van der Waals surface area contributed by atoms with Gasteiger partial charge in [-0.25, -0.2) is 14.3 Å². The Morgan fingerprint density at radius 3 is 3.10 bits per heavy atom. The highest BCUT2D eigenvalue weighted by Gasteiger charge is 2.16. The number of hydrogen-bond donors (Lipinski definition) is 1. The van der Waals surface area contributed by atoms with E-state index < -0.39 is 6.09 Å². The monoisotopic (exact) mass is 286 g/mol. The van der Waals surface area contributed by atoms with Crippen molar-refractivity contribution >= 4 is 23.8 Å². The van der Waals surface area contributed by atoms with E-state index in [1.54, 1.807) is 24.4 Å². The molecule has 8 heteroatoms. The van der Waals surface area contributed by atoms with Crippen LogP contribution in [0.4, 0.5) is 10.7 Å². The molecule has 0 fully saturated rings. The van der Waals surface area contributed by atoms with Crippen molar-refractivity contribution in [3.05, 3.63) is 36.4 Å². The predicted molar refractivity (Wildman–Crippen MR) is 72.1 cm³/mol. The summed E-state index contributed by atoms with van der Waals surface area (Å²) in [4.78, 5) is 26.5. The van der Waals surface area contributed by atoms with Gasteiger partial charge >= 0.3 is 6.09 Å². The van der Waals surface area contributed by atoms with Crippen LogP contribution in [0.25, 0.3) is 16.8 Å². The minimum Gasteiger partial charge on any atom is -0.461 e. The predicted octanol–water partition coefficient (Wildman–Crippen LogP) is 1.98. The smallest absolute Gasteiger partial charge is 0.413 e. The standard InChI is InChI=1S/C13H10N4O4/c1-20-13(19)15-12-14-11(8-4-6-21-10(8)7-18)9-3-2-5-17(9)16-12/h2-7H,1H3,(H,15,16,19). The lowest BCUT2D eigenvalue weighted by atomic mass is 10.1. The number of ether oxygens (including phenoxy) is 1. The summed E-state index contributed by atoms with van der Waals surface area (Å²) in [7, 11) is 1.24. The van der Waals surface area contributed by atoms with Gasteiger partial charge in [0.2, 0.25) is 0 Å². The number of amides is 1. The fraction of sp³-hybridized carbons (Fsp3) is 0.0769. The van der Waals surface area contributed by atoms with E-state index in [1.807, 2.05) is 0 Å². The third-order valence-electron chi connectivity index (χ3n) is 2.85. The van der Waals surface area contributed by atoms with E-state index in [2.05, 4.69) is 20.1 Å². The molecule has 0 saturated heterocycles. The molecular formula is C13H10N4O4. The Balaban J connectivity index is 2.18. The summed E-state index contributed by atoms with van der Waals surface area (Å²) in [5, 5.41) is 6.51. The maximum Gasteiger partial charge on any atom is 0.413 e. The molecule has 0 aromatic carbocycles. The third kappa shape index (κ3) is 2.22. The summed E-state index contributed by atoms with van der Waals surface area (Å²) in [5.41, 5.74) is 1.66. The number of rotatable bonds is 3. The van der Waals surface area contributed by atoms with Gasteiger partial charge in [0.25, 0.3) is 5.95 Å². The molecule has 0 aliphatic carbocycles. The topological polar surface area (TPSA) is 98.7 Å². The van der Waals surface area contributed by atoms with Gasteiger partial charge in [0.1, 0.15) is 5.69 Å². The first-order valence-electron chi connectivity index (χ1n) is 5.96. The number of aldehydes is 1. The Morgan fingerprint density at radius 2 is 2.33 bits per heavy atom. The van der Waals surface area contributed by atoms with Gasteiger partial charge in [-0.15, -0.1) is 5.10 Å². The number of fused-ring (bicyclic) bond motifs is 1. The Labute approximate surface area is 118 Å². The van der Waals surface area contributed by atoms with Crippen molar-refractivity contribution < 1.29 is 18.7 Å². The van der Waals surface area contributed by atoms with E-state index in [1.165, 1.54) is 17.9 Å². The van der Waals surface area contributed by atoms with Crippen molar-refractivity contribution in [2.24, 2.45) is 0 Å². The molecule has 3 rings (SSSR count). The van der Waals surface area contributed by atoms with E-state index in [9.17, 15) is 9.59 Å². The number of hydrogen-bond acceptors (Lipinski definition) is 6. The molecule has 8 nitrogen and oxygen atoms in total. The normalized spacial score (nSPS) is 10.5. The van der Waals surface area contributed by atoms with Crippen LogP contribution < -0.4 is 5.32 Å². The number of anilines is 1. The van der Waals surface area contributed by atoms with E-state index in [-0.39, 0.29) is 11.7 Å². The number of carbonyl (C=O) groups excluding carboxylic acids is 2. The summed E-state index contributed by atoms with van der Waals surface area (Å²) in [5.74, 6) is 0.208. The zero-order chi connectivity index (χ0) is 14.8. The van der Waals surface area contributed by atoms with Gasteiger partial charge in [-0.05, 0) is 18.2 Å². The first-order valence-corrected chi connectivity index (χ1v) is 5.96. The van der Waals surface area contributed by atoms with Gasteiger partial charge in [0.15, 0.2) is 12.0 Å². The average molecular weight is 286 g/mol. The van der Waals surface area contributed by atoms with Crippen LogP contribution >= 0.6 is 0 Å². The fourth-order valence-corrected chi connectivity index (χ4v) is 1.94. The highest BCUT2D eigenvalue weighted by Crippen LogP contribution is 2.27. The Bertz CT molecular complexity index is 821. The van der Waals surface area contributed by atoms with Crippen LogP contribution in [-0.2, 0) is 4.74 Å². The molecule has 0 saturated carbocycles. The van der Waals surface area contributed by atoms with Crippen molar-refractivity contribution in [3.63, 3.8) is 0 Å². The molecule has 1 N–H and O–H groups in total. The second-order valence-electron chi connectivity index (χ2n) is 4.05. The zero-order valence-corrected chi connectivity index (χ0v) is 10.9. The van der Waals surface area contributed by atoms with Crippen molar-refractivity contribution in [1.82, 2.24) is 14.6 Å². The summed E-state index contributed by atoms with van der Waals surface area (Å²) < 4.78 is 11.1. The van der Waals surface area contributed by atoms with Crippen LogP contribution in [0.3, 0.4) is 0 Å². The van der Waals surface area contributed by atoms with Gasteiger partial charge in [-0.2, -0.15) is 0 Å². The molecule has 3 heterocycles. The second kappa shape index (κ2) is 5.08. The molecule has 106 valence electrons. The maximum absolute atomic E-state index is 11.3. The molecule has 0 bridgehead atoms. The minimum absolute atomic E-state index is 0.0543. The minimum atomic E-state index is -0.685. The lowest BCUT2D eigenvalue weighted by molar-refractivity contribution is 0.110. The molecule has 0 aliphatic rings. The second-order valence-corrected chi connectivity index (χ2v) is 4.05. The summed E-state index contributed by atoms with van der Waals surface area (Å²) in [6.45, 7) is 0. The van der Waals surface area contributed by atoms with E-state index >= 15 is 0 Å². The summed E-state index contributed by atoms with van der Waals surface area (Å²) in [6.07, 6.45) is 3.01.